The minimum absolute atomic E-state index is 0.372. The first-order chi connectivity index (χ1) is 7.13. The van der Waals surface area contributed by atoms with Crippen LogP contribution >= 0.6 is 0 Å². The topological polar surface area (TPSA) is 26.0 Å². The molecule has 0 saturated carbocycles. The van der Waals surface area contributed by atoms with E-state index in [1.807, 2.05) is 0 Å². The van der Waals surface area contributed by atoms with Gasteiger partial charge in [-0.05, 0) is 49.8 Å². The van der Waals surface area contributed by atoms with Gasteiger partial charge in [0.15, 0.2) is 0 Å². The third-order valence-electron chi connectivity index (χ3n) is 3.03. The molecule has 0 saturated heterocycles. The van der Waals surface area contributed by atoms with Crippen molar-refractivity contribution in [3.8, 4) is 0 Å². The van der Waals surface area contributed by atoms with Crippen LogP contribution in [0.3, 0.4) is 0 Å². The molecule has 0 heterocycles. The first-order valence-electron chi connectivity index (χ1n) is 5.95. The fraction of sp³-hybridized carbons (Fsp3) is 0.571. The number of rotatable bonds is 5. The van der Waals surface area contributed by atoms with Gasteiger partial charge in [-0.15, -0.1) is 0 Å². The molecule has 1 nitrogen and oxygen atoms in total. The summed E-state index contributed by atoms with van der Waals surface area (Å²) in [5, 5.41) is 0. The van der Waals surface area contributed by atoms with Crippen LogP contribution in [-0.4, -0.2) is 6.04 Å². The van der Waals surface area contributed by atoms with Crippen molar-refractivity contribution in [3.63, 3.8) is 0 Å². The maximum absolute atomic E-state index is 6.00. The highest BCUT2D eigenvalue weighted by Gasteiger charge is 2.02. The van der Waals surface area contributed by atoms with Gasteiger partial charge in [-0.25, -0.2) is 0 Å². The molecule has 0 aliphatic heterocycles. The van der Waals surface area contributed by atoms with Crippen LogP contribution in [0.4, 0.5) is 0 Å². The van der Waals surface area contributed by atoms with Gasteiger partial charge >= 0.3 is 0 Å². The van der Waals surface area contributed by atoms with Gasteiger partial charge < -0.3 is 5.73 Å². The van der Waals surface area contributed by atoms with Crippen LogP contribution in [0.25, 0.3) is 0 Å². The lowest BCUT2D eigenvalue weighted by molar-refractivity contribution is 0.561. The second-order valence-corrected chi connectivity index (χ2v) is 4.51. The van der Waals surface area contributed by atoms with Gasteiger partial charge in [0.2, 0.25) is 0 Å². The molecule has 1 aromatic rings. The minimum Gasteiger partial charge on any atom is -0.328 e. The first kappa shape index (κ1) is 12.3. The zero-order valence-corrected chi connectivity index (χ0v) is 10.2. The molecule has 1 atom stereocenters. The lowest BCUT2D eigenvalue weighted by Crippen LogP contribution is -2.20. The quantitative estimate of drug-likeness (QED) is 0.783. The van der Waals surface area contributed by atoms with Crippen molar-refractivity contribution in [2.45, 2.75) is 52.5 Å². The van der Waals surface area contributed by atoms with Gasteiger partial charge in [0, 0.05) is 6.04 Å². The number of nitrogens with two attached hydrogens (primary N) is 1. The lowest BCUT2D eigenvalue weighted by atomic mass is 9.99. The van der Waals surface area contributed by atoms with Gasteiger partial charge in [-0.1, -0.05) is 31.5 Å². The van der Waals surface area contributed by atoms with Crippen LogP contribution in [0.2, 0.25) is 0 Å². The summed E-state index contributed by atoms with van der Waals surface area (Å²) in [6.45, 7) is 6.52. The molecule has 0 amide bonds. The zero-order valence-electron chi connectivity index (χ0n) is 10.2. The molecule has 0 fully saturated rings. The van der Waals surface area contributed by atoms with E-state index in [9.17, 15) is 0 Å². The molecule has 0 aliphatic rings. The molecular weight excluding hydrogens is 182 g/mol. The Balaban J connectivity index is 2.47. The van der Waals surface area contributed by atoms with E-state index in [2.05, 4.69) is 39.0 Å². The third kappa shape index (κ3) is 4.05. The van der Waals surface area contributed by atoms with Crippen LogP contribution < -0.4 is 5.73 Å². The number of hydrogen-bond acceptors (Lipinski definition) is 1. The molecule has 15 heavy (non-hydrogen) atoms. The second-order valence-electron chi connectivity index (χ2n) is 4.51. The summed E-state index contributed by atoms with van der Waals surface area (Å²) in [6.07, 6.45) is 4.55. The molecule has 0 spiro atoms. The standard InChI is InChI=1S/C14H23N/c1-4-5-14(15)9-8-13-7-6-11(2)12(3)10-13/h6-7,10,14H,4-5,8-9,15H2,1-3H3. The molecule has 84 valence electrons. The van der Waals surface area contributed by atoms with E-state index in [0.717, 1.165) is 19.3 Å². The Labute approximate surface area is 93.7 Å². The van der Waals surface area contributed by atoms with Gasteiger partial charge in [0.1, 0.15) is 0 Å². The fourth-order valence-corrected chi connectivity index (χ4v) is 1.83. The minimum atomic E-state index is 0.372. The summed E-state index contributed by atoms with van der Waals surface area (Å²) >= 11 is 0. The van der Waals surface area contributed by atoms with Gasteiger partial charge in [0.25, 0.3) is 0 Å². The summed E-state index contributed by atoms with van der Waals surface area (Å²) in [7, 11) is 0. The summed E-state index contributed by atoms with van der Waals surface area (Å²) in [6, 6.07) is 7.09. The van der Waals surface area contributed by atoms with Crippen LogP contribution in [0, 0.1) is 13.8 Å². The first-order valence-corrected chi connectivity index (χ1v) is 5.95. The molecule has 1 unspecified atom stereocenters. The Hall–Kier alpha value is -0.820. The van der Waals surface area contributed by atoms with Gasteiger partial charge in [-0.2, -0.15) is 0 Å². The Kier molecular flexibility index (Phi) is 4.83. The normalized spacial score (nSPS) is 12.8. The average molecular weight is 205 g/mol. The van der Waals surface area contributed by atoms with Crippen molar-refractivity contribution in [1.82, 2.24) is 0 Å². The van der Waals surface area contributed by atoms with Crippen LogP contribution in [0.1, 0.15) is 42.9 Å². The highest BCUT2D eigenvalue weighted by Crippen LogP contribution is 2.12. The monoisotopic (exact) mass is 205 g/mol. The lowest BCUT2D eigenvalue weighted by Gasteiger charge is -2.10. The summed E-state index contributed by atoms with van der Waals surface area (Å²) < 4.78 is 0. The van der Waals surface area contributed by atoms with E-state index in [-0.39, 0.29) is 0 Å². The summed E-state index contributed by atoms with van der Waals surface area (Å²) in [4.78, 5) is 0. The summed E-state index contributed by atoms with van der Waals surface area (Å²) in [5.41, 5.74) is 10.2. The van der Waals surface area contributed by atoms with Crippen molar-refractivity contribution in [2.24, 2.45) is 5.73 Å². The van der Waals surface area contributed by atoms with E-state index in [0.29, 0.717) is 6.04 Å². The van der Waals surface area contributed by atoms with E-state index >= 15 is 0 Å². The van der Waals surface area contributed by atoms with Crippen LogP contribution in [0.15, 0.2) is 18.2 Å². The Morgan fingerprint density at radius 1 is 1.13 bits per heavy atom. The maximum atomic E-state index is 6.00. The summed E-state index contributed by atoms with van der Waals surface area (Å²) in [5.74, 6) is 0. The Morgan fingerprint density at radius 2 is 1.87 bits per heavy atom. The van der Waals surface area contributed by atoms with Crippen molar-refractivity contribution in [2.75, 3.05) is 0 Å². The molecule has 0 aliphatic carbocycles. The SMILES string of the molecule is CCCC(N)CCc1ccc(C)c(C)c1. The maximum Gasteiger partial charge on any atom is 0.00418 e. The van der Waals surface area contributed by atoms with Crippen molar-refractivity contribution in [3.05, 3.63) is 34.9 Å². The molecule has 0 aromatic heterocycles. The molecular formula is C14H23N. The molecule has 0 bridgehead atoms. The van der Waals surface area contributed by atoms with Crippen LogP contribution in [-0.2, 0) is 6.42 Å². The van der Waals surface area contributed by atoms with Gasteiger partial charge in [-0.3, -0.25) is 0 Å². The molecule has 1 aromatic carbocycles. The van der Waals surface area contributed by atoms with E-state index in [1.54, 1.807) is 0 Å². The molecule has 1 heteroatoms. The predicted molar refractivity (Wildman–Crippen MR) is 67.1 cm³/mol. The highest BCUT2D eigenvalue weighted by atomic mass is 14.6. The van der Waals surface area contributed by atoms with Crippen molar-refractivity contribution < 1.29 is 0 Å². The molecule has 0 radical (unpaired) electrons. The van der Waals surface area contributed by atoms with Crippen molar-refractivity contribution in [1.29, 1.82) is 0 Å². The molecule has 1 rings (SSSR count). The second kappa shape index (κ2) is 5.92. The van der Waals surface area contributed by atoms with Gasteiger partial charge in [0.05, 0.1) is 0 Å². The van der Waals surface area contributed by atoms with E-state index < -0.39 is 0 Å². The number of benzene rings is 1. The number of hydrogen-bond donors (Lipinski definition) is 1. The Bertz CT molecular complexity index is 304. The average Bonchev–Trinajstić information content (AvgIpc) is 2.20. The van der Waals surface area contributed by atoms with E-state index in [4.69, 9.17) is 5.73 Å². The van der Waals surface area contributed by atoms with Crippen molar-refractivity contribution >= 4 is 0 Å². The van der Waals surface area contributed by atoms with E-state index in [1.165, 1.54) is 23.1 Å². The smallest absolute Gasteiger partial charge is 0.00418 e. The molecule has 2 N–H and O–H groups in total. The van der Waals surface area contributed by atoms with Crippen LogP contribution in [0.5, 0.6) is 0 Å². The Morgan fingerprint density at radius 3 is 2.47 bits per heavy atom. The largest absolute Gasteiger partial charge is 0.328 e. The highest BCUT2D eigenvalue weighted by molar-refractivity contribution is 5.29. The zero-order chi connectivity index (χ0) is 11.3. The fourth-order valence-electron chi connectivity index (χ4n) is 1.83. The third-order valence-corrected chi connectivity index (χ3v) is 3.03. The predicted octanol–water partition coefficient (Wildman–Crippen LogP) is 3.36. The number of aryl methyl sites for hydroxylation is 3.